The lowest BCUT2D eigenvalue weighted by Crippen LogP contribution is -2.17. The van der Waals surface area contributed by atoms with Crippen LogP contribution in [0, 0.1) is 0 Å². The molecule has 0 saturated carbocycles. The Bertz CT molecular complexity index is 1400. The summed E-state index contributed by atoms with van der Waals surface area (Å²) in [5.74, 6) is 2.04. The van der Waals surface area contributed by atoms with Crippen LogP contribution >= 0.6 is 0 Å². The number of hydrogen-bond donors (Lipinski definition) is 2. The average Bonchev–Trinajstić information content (AvgIpc) is 2.98. The third-order valence-corrected chi connectivity index (χ3v) is 6.44. The Morgan fingerprint density at radius 3 is 1.31 bits per heavy atom. The summed E-state index contributed by atoms with van der Waals surface area (Å²) >= 11 is 0. The Morgan fingerprint density at radius 2 is 0.897 bits per heavy atom. The van der Waals surface area contributed by atoms with E-state index in [0.29, 0.717) is 78.3 Å². The molecule has 2 amide bonds. The molecule has 0 aromatic heterocycles. The number of anilines is 2. The predicted octanol–water partition coefficient (Wildman–Crippen LogP) is 5.32. The molecule has 8 nitrogen and oxygen atoms in total. The zero-order chi connectivity index (χ0) is 26.6. The molecule has 2 N–H and O–H groups in total. The summed E-state index contributed by atoms with van der Waals surface area (Å²) in [6, 6.07) is 25.8. The Morgan fingerprint density at radius 1 is 0.513 bits per heavy atom. The third-order valence-electron chi connectivity index (χ3n) is 6.44. The molecule has 0 aliphatic carbocycles. The van der Waals surface area contributed by atoms with Crippen LogP contribution in [0.15, 0.2) is 84.9 Å². The highest BCUT2D eigenvalue weighted by molar-refractivity contribution is 6.05. The van der Waals surface area contributed by atoms with Gasteiger partial charge in [-0.2, -0.15) is 0 Å². The summed E-state index contributed by atoms with van der Waals surface area (Å²) < 4.78 is 22.2. The lowest BCUT2D eigenvalue weighted by molar-refractivity contribution is 0.101. The average molecular weight is 523 g/mol. The highest BCUT2D eigenvalue weighted by Crippen LogP contribution is 2.32. The molecule has 0 saturated heterocycles. The van der Waals surface area contributed by atoms with Gasteiger partial charge in [0.25, 0.3) is 11.8 Å². The minimum Gasteiger partial charge on any atom is -0.486 e. The van der Waals surface area contributed by atoms with Crippen LogP contribution in [0.2, 0.25) is 0 Å². The molecule has 2 aliphatic heterocycles. The molecule has 196 valence electrons. The standard InChI is InChI=1S/C31H26N2O6/c34-30(22-5-11-26-28(18-22)38-15-13-36-26)32-24-7-1-20(2-8-24)17-21-3-9-25(10-4-21)33-31(35)23-6-12-27-29(19-23)39-16-14-37-27/h1-12,18-19H,13-17H2,(H,32,34)(H,33,35). The second-order valence-corrected chi connectivity index (χ2v) is 9.20. The summed E-state index contributed by atoms with van der Waals surface area (Å²) in [4.78, 5) is 25.4. The van der Waals surface area contributed by atoms with Gasteiger partial charge < -0.3 is 29.6 Å². The fraction of sp³-hybridized carbons (Fsp3) is 0.161. The molecule has 6 rings (SSSR count). The van der Waals surface area contributed by atoms with Gasteiger partial charge in [-0.3, -0.25) is 9.59 Å². The molecule has 0 atom stereocenters. The smallest absolute Gasteiger partial charge is 0.255 e. The number of benzene rings is 4. The van der Waals surface area contributed by atoms with E-state index in [1.807, 2.05) is 48.5 Å². The first-order valence-corrected chi connectivity index (χ1v) is 12.7. The van der Waals surface area contributed by atoms with Crippen LogP contribution in [0.1, 0.15) is 31.8 Å². The van der Waals surface area contributed by atoms with E-state index < -0.39 is 0 Å². The van der Waals surface area contributed by atoms with Crippen LogP contribution in [0.3, 0.4) is 0 Å². The molecule has 0 radical (unpaired) electrons. The van der Waals surface area contributed by atoms with Gasteiger partial charge in [0.05, 0.1) is 0 Å². The lowest BCUT2D eigenvalue weighted by Gasteiger charge is -2.18. The van der Waals surface area contributed by atoms with Gasteiger partial charge in [0, 0.05) is 22.5 Å². The molecule has 2 aliphatic rings. The number of fused-ring (bicyclic) bond motifs is 2. The van der Waals surface area contributed by atoms with Crippen LogP contribution in [-0.2, 0) is 6.42 Å². The Balaban J connectivity index is 1.04. The van der Waals surface area contributed by atoms with Crippen LogP contribution in [0.5, 0.6) is 23.0 Å². The van der Waals surface area contributed by atoms with Crippen molar-refractivity contribution in [2.24, 2.45) is 0 Å². The monoisotopic (exact) mass is 522 g/mol. The van der Waals surface area contributed by atoms with Gasteiger partial charge >= 0.3 is 0 Å². The van der Waals surface area contributed by atoms with Crippen molar-refractivity contribution in [2.45, 2.75) is 6.42 Å². The molecule has 0 unspecified atom stereocenters. The normalized spacial score (nSPS) is 13.3. The molecule has 0 spiro atoms. The van der Waals surface area contributed by atoms with Crippen LogP contribution in [0.4, 0.5) is 11.4 Å². The summed E-state index contributed by atoms with van der Waals surface area (Å²) in [6.07, 6.45) is 0.715. The summed E-state index contributed by atoms with van der Waals surface area (Å²) in [7, 11) is 0. The number of carbonyl (C=O) groups is 2. The maximum absolute atomic E-state index is 12.7. The van der Waals surface area contributed by atoms with Gasteiger partial charge in [-0.15, -0.1) is 0 Å². The molecule has 8 heteroatoms. The maximum atomic E-state index is 12.7. The Hall–Kier alpha value is -4.98. The number of amides is 2. The topological polar surface area (TPSA) is 95.1 Å². The number of ether oxygens (including phenoxy) is 4. The third kappa shape index (κ3) is 5.65. The van der Waals surface area contributed by atoms with Gasteiger partial charge in [-0.25, -0.2) is 0 Å². The molecule has 4 aromatic carbocycles. The first-order valence-electron chi connectivity index (χ1n) is 12.7. The quantitative estimate of drug-likeness (QED) is 0.356. The van der Waals surface area contributed by atoms with Gasteiger partial charge in [0.15, 0.2) is 23.0 Å². The maximum Gasteiger partial charge on any atom is 0.255 e. The fourth-order valence-electron chi connectivity index (χ4n) is 4.42. The van der Waals surface area contributed by atoms with Crippen LogP contribution in [0.25, 0.3) is 0 Å². The van der Waals surface area contributed by atoms with E-state index in [0.717, 1.165) is 11.1 Å². The molecular formula is C31H26N2O6. The van der Waals surface area contributed by atoms with E-state index in [4.69, 9.17) is 18.9 Å². The predicted molar refractivity (Wildman–Crippen MR) is 146 cm³/mol. The van der Waals surface area contributed by atoms with E-state index in [9.17, 15) is 9.59 Å². The van der Waals surface area contributed by atoms with E-state index in [-0.39, 0.29) is 11.8 Å². The van der Waals surface area contributed by atoms with Crippen molar-refractivity contribution in [1.82, 2.24) is 0 Å². The number of carbonyl (C=O) groups excluding carboxylic acids is 2. The van der Waals surface area contributed by atoms with Crippen molar-refractivity contribution < 1.29 is 28.5 Å². The first-order chi connectivity index (χ1) is 19.1. The van der Waals surface area contributed by atoms with E-state index in [1.54, 1.807) is 36.4 Å². The van der Waals surface area contributed by atoms with E-state index >= 15 is 0 Å². The summed E-state index contributed by atoms with van der Waals surface area (Å²) in [5, 5.41) is 5.84. The lowest BCUT2D eigenvalue weighted by atomic mass is 10.0. The molecule has 0 bridgehead atoms. The van der Waals surface area contributed by atoms with Crippen molar-refractivity contribution in [2.75, 3.05) is 37.1 Å². The minimum atomic E-state index is -0.214. The Labute approximate surface area is 225 Å². The van der Waals surface area contributed by atoms with Gasteiger partial charge in [0.1, 0.15) is 26.4 Å². The SMILES string of the molecule is O=C(Nc1ccc(Cc2ccc(NC(=O)c3ccc4c(c3)OCCO4)cc2)cc1)c1ccc2c(c1)OCCO2. The highest BCUT2D eigenvalue weighted by Gasteiger charge is 2.16. The summed E-state index contributed by atoms with van der Waals surface area (Å²) in [5.41, 5.74) is 4.61. The number of hydrogen-bond acceptors (Lipinski definition) is 6. The molecular weight excluding hydrogens is 496 g/mol. The number of rotatable bonds is 6. The number of nitrogens with one attached hydrogen (secondary N) is 2. The molecule has 4 aromatic rings. The van der Waals surface area contributed by atoms with Crippen LogP contribution in [-0.4, -0.2) is 38.2 Å². The van der Waals surface area contributed by atoms with Gasteiger partial charge in [0.2, 0.25) is 0 Å². The van der Waals surface area contributed by atoms with Crippen molar-refractivity contribution in [3.05, 3.63) is 107 Å². The second kappa shape index (κ2) is 10.8. The van der Waals surface area contributed by atoms with Crippen molar-refractivity contribution in [3.8, 4) is 23.0 Å². The van der Waals surface area contributed by atoms with Crippen LogP contribution < -0.4 is 29.6 Å². The highest BCUT2D eigenvalue weighted by atomic mass is 16.6. The second-order valence-electron chi connectivity index (χ2n) is 9.20. The summed E-state index contributed by atoms with van der Waals surface area (Å²) in [6.45, 7) is 1.96. The zero-order valence-corrected chi connectivity index (χ0v) is 21.1. The van der Waals surface area contributed by atoms with E-state index in [1.165, 1.54) is 0 Å². The van der Waals surface area contributed by atoms with Gasteiger partial charge in [-0.1, -0.05) is 24.3 Å². The van der Waals surface area contributed by atoms with E-state index in [2.05, 4.69) is 10.6 Å². The largest absolute Gasteiger partial charge is 0.486 e. The van der Waals surface area contributed by atoms with Gasteiger partial charge in [-0.05, 0) is 78.2 Å². The molecule has 0 fully saturated rings. The minimum absolute atomic E-state index is 0.214. The zero-order valence-electron chi connectivity index (χ0n) is 21.1. The van der Waals surface area contributed by atoms with Crippen molar-refractivity contribution in [1.29, 1.82) is 0 Å². The molecule has 39 heavy (non-hydrogen) atoms. The van der Waals surface area contributed by atoms with Crippen molar-refractivity contribution in [3.63, 3.8) is 0 Å². The fourth-order valence-corrected chi connectivity index (χ4v) is 4.42. The van der Waals surface area contributed by atoms with Crippen molar-refractivity contribution >= 4 is 23.2 Å². The molecule has 2 heterocycles. The Kier molecular flexibility index (Phi) is 6.74. The first kappa shape index (κ1) is 24.4.